The van der Waals surface area contributed by atoms with Gasteiger partial charge in [-0.15, -0.1) is 0 Å². The molecule has 20 nitrogen and oxygen atoms in total. The molecule has 0 unspecified atom stereocenters. The molecule has 0 aliphatic carbocycles. The van der Waals surface area contributed by atoms with Crippen molar-refractivity contribution in [3.05, 3.63) is 0 Å². The first kappa shape index (κ1) is 61.2. The van der Waals surface area contributed by atoms with Crippen LogP contribution in [-0.2, 0) is 74.2 Å². The van der Waals surface area contributed by atoms with Crippen LogP contribution in [0.5, 0.6) is 0 Å². The van der Waals surface area contributed by atoms with Gasteiger partial charge in [0.05, 0.1) is 59.5 Å². The highest BCUT2D eigenvalue weighted by Gasteiger charge is 2.34. The predicted octanol–water partition coefficient (Wildman–Crippen LogP) is 5.96. The van der Waals surface area contributed by atoms with Crippen LogP contribution < -0.4 is 21.3 Å². The molecular weight excluding hydrogens is 885 g/mol. The molecule has 0 fully saturated rings. The number of ether oxygens (including phenoxy) is 3. The van der Waals surface area contributed by atoms with Gasteiger partial charge in [-0.25, -0.2) is 0 Å². The zero-order valence-electron chi connectivity index (χ0n) is 39.2. The second-order valence-corrected chi connectivity index (χ2v) is 20.6. The fourth-order valence-corrected chi connectivity index (χ4v) is 10.4. The summed E-state index contributed by atoms with van der Waals surface area (Å²) in [7, 11) is -10.7. The molecule has 0 spiro atoms. The van der Waals surface area contributed by atoms with Crippen LogP contribution in [0, 0.1) is 0 Å². The zero-order valence-corrected chi connectivity index (χ0v) is 41.9. The predicted molar refractivity (Wildman–Crippen MR) is 241 cm³/mol. The summed E-state index contributed by atoms with van der Waals surface area (Å²) in [6.45, 7) is 14.1. The Morgan fingerprint density at radius 3 is 1.02 bits per heavy atom. The average Bonchev–Trinajstić information content (AvgIpc) is 3.20. The van der Waals surface area contributed by atoms with Gasteiger partial charge in [-0.05, 0) is 67.2 Å². The maximum atomic E-state index is 13.4. The van der Waals surface area contributed by atoms with Crippen LogP contribution in [0.4, 0.5) is 0 Å². The summed E-state index contributed by atoms with van der Waals surface area (Å²) in [5.41, 5.74) is -1.15. The Kier molecular flexibility index (Phi) is 36.3. The van der Waals surface area contributed by atoms with Gasteiger partial charge in [0.2, 0.25) is 23.6 Å². The number of unbranched alkanes of at least 4 members (excludes halogenated alkanes) is 5. The first-order chi connectivity index (χ1) is 30.1. The Bertz CT molecular complexity index is 1230. The first-order valence-corrected chi connectivity index (χ1v) is 27.8. The van der Waals surface area contributed by atoms with Crippen molar-refractivity contribution in [3.8, 4) is 0 Å². The van der Waals surface area contributed by atoms with E-state index in [0.717, 1.165) is 32.1 Å². The topological polar surface area (TPSA) is 251 Å². The summed E-state index contributed by atoms with van der Waals surface area (Å²) in [5.74, 6) is -1.66. The van der Waals surface area contributed by atoms with E-state index in [2.05, 4.69) is 28.2 Å². The lowest BCUT2D eigenvalue weighted by atomic mass is 10.0. The van der Waals surface area contributed by atoms with Crippen LogP contribution in [0.1, 0.15) is 113 Å². The van der Waals surface area contributed by atoms with Crippen LogP contribution in [0.2, 0.25) is 0 Å². The van der Waals surface area contributed by atoms with Gasteiger partial charge < -0.3 is 62.6 Å². The summed E-state index contributed by atoms with van der Waals surface area (Å²) in [6, 6.07) is 0. The Labute approximate surface area is 376 Å². The van der Waals surface area contributed by atoms with E-state index in [-0.39, 0.29) is 111 Å². The highest BCUT2D eigenvalue weighted by Crippen LogP contribution is 2.49. The van der Waals surface area contributed by atoms with Crippen LogP contribution in [0.15, 0.2) is 0 Å². The minimum Gasteiger partial charge on any atom is -0.379 e. The highest BCUT2D eigenvalue weighted by atomic mass is 31.2. The second-order valence-electron chi connectivity index (χ2n) is 14.4. The average molecular weight is 967 g/mol. The third kappa shape index (κ3) is 31.7. The van der Waals surface area contributed by atoms with Gasteiger partial charge >= 0.3 is 22.8 Å². The molecular formula is C40H81N4O16P3. The van der Waals surface area contributed by atoms with E-state index in [1.165, 1.54) is 0 Å². The van der Waals surface area contributed by atoms with E-state index in [1.54, 1.807) is 41.5 Å². The summed E-state index contributed by atoms with van der Waals surface area (Å²) in [4.78, 5) is 51.0. The van der Waals surface area contributed by atoms with E-state index in [4.69, 9.17) is 41.4 Å². The lowest BCUT2D eigenvalue weighted by Gasteiger charge is -2.34. The van der Waals surface area contributed by atoms with Crippen LogP contribution in [-0.4, -0.2) is 147 Å². The minimum absolute atomic E-state index is 0.0190. The highest BCUT2D eigenvalue weighted by molar-refractivity contribution is 7.55. The smallest absolute Gasteiger partial charge is 0.340 e. The van der Waals surface area contributed by atoms with Crippen molar-refractivity contribution in [1.82, 2.24) is 21.3 Å². The Morgan fingerprint density at radius 2 is 0.714 bits per heavy atom. The van der Waals surface area contributed by atoms with Crippen LogP contribution >= 0.6 is 22.8 Å². The number of nitrogens with one attached hydrogen (secondary N) is 4. The lowest BCUT2D eigenvalue weighted by Crippen LogP contribution is -2.58. The van der Waals surface area contributed by atoms with E-state index >= 15 is 0 Å². The molecule has 0 aromatic carbocycles. The molecule has 0 bridgehead atoms. The van der Waals surface area contributed by atoms with Gasteiger partial charge in [-0.3, -0.25) is 32.9 Å². The Balaban J connectivity index is 5.75. The number of carbonyl (C=O) groups is 4. The van der Waals surface area contributed by atoms with Crippen molar-refractivity contribution < 1.29 is 74.2 Å². The maximum Gasteiger partial charge on any atom is 0.340 e. The van der Waals surface area contributed by atoms with Gasteiger partial charge in [-0.2, -0.15) is 0 Å². The van der Waals surface area contributed by atoms with Crippen molar-refractivity contribution in [2.45, 2.75) is 118 Å². The molecule has 0 saturated carbocycles. The van der Waals surface area contributed by atoms with Gasteiger partial charge in [0.1, 0.15) is 24.0 Å². The van der Waals surface area contributed by atoms with Crippen LogP contribution in [0.3, 0.4) is 0 Å². The fraction of sp³-hybridized carbons (Fsp3) is 0.900. The summed E-state index contributed by atoms with van der Waals surface area (Å²) < 4.78 is 87.8. The third-order valence-electron chi connectivity index (χ3n) is 8.63. The summed E-state index contributed by atoms with van der Waals surface area (Å²) in [6.07, 6.45) is 6.23. The Hall–Kier alpha value is -1.79. The standard InChI is InChI=1S/C40H81N4O16P3/c1-8-15-16-17-18-19-23-36(45)44-40(33-52-27-20-24-41-37(46)30-61(49,55-9-2)56-10-3,34-53-28-21-25-42-38(47)31-62(50,57-11-4)58-12-5)35-54-29-22-26-43-39(48)32-63(51,59-13-6)60-14-7/h8-35H2,1-7H3,(H,41,46)(H,42,47)(H,43,48)(H,44,45). The molecule has 0 heterocycles. The number of carbonyl (C=O) groups excluding carboxylic acids is 4. The molecule has 372 valence electrons. The summed E-state index contributed by atoms with van der Waals surface area (Å²) in [5, 5.41) is 11.2. The maximum absolute atomic E-state index is 13.4. The summed E-state index contributed by atoms with van der Waals surface area (Å²) >= 11 is 0. The normalized spacial score (nSPS) is 12.3. The molecule has 23 heteroatoms. The largest absolute Gasteiger partial charge is 0.379 e. The van der Waals surface area contributed by atoms with Crippen molar-refractivity contribution in [3.63, 3.8) is 0 Å². The van der Waals surface area contributed by atoms with Crippen molar-refractivity contribution in [2.75, 3.05) is 117 Å². The van der Waals surface area contributed by atoms with Gasteiger partial charge in [-0.1, -0.05) is 39.0 Å². The van der Waals surface area contributed by atoms with Gasteiger partial charge in [0.25, 0.3) is 0 Å². The van der Waals surface area contributed by atoms with Gasteiger partial charge in [0.15, 0.2) is 0 Å². The number of amides is 4. The number of hydrogen-bond donors (Lipinski definition) is 4. The van der Waals surface area contributed by atoms with E-state index in [9.17, 15) is 32.9 Å². The van der Waals surface area contributed by atoms with E-state index < -0.39 is 64.5 Å². The number of rotatable bonds is 44. The zero-order chi connectivity index (χ0) is 47.3. The monoisotopic (exact) mass is 966 g/mol. The molecule has 0 aromatic heterocycles. The van der Waals surface area contributed by atoms with E-state index in [0.29, 0.717) is 25.7 Å². The van der Waals surface area contributed by atoms with E-state index in [1.807, 2.05) is 0 Å². The van der Waals surface area contributed by atoms with Crippen molar-refractivity contribution >= 4 is 46.4 Å². The third-order valence-corrected chi connectivity index (χ3v) is 14.6. The molecule has 0 aromatic rings. The van der Waals surface area contributed by atoms with Gasteiger partial charge in [0, 0.05) is 45.9 Å². The molecule has 63 heavy (non-hydrogen) atoms. The molecule has 0 saturated heterocycles. The Morgan fingerprint density at radius 1 is 0.413 bits per heavy atom. The SMILES string of the molecule is CCCCCCCCC(=O)NC(COCCCNC(=O)CP(=O)(OCC)OCC)(COCCCNC(=O)CP(=O)(OCC)OCC)COCCCNC(=O)CP(=O)(OCC)OCC. The minimum atomic E-state index is -3.56. The molecule has 0 radical (unpaired) electrons. The quantitative estimate of drug-likeness (QED) is 0.0406. The van der Waals surface area contributed by atoms with Crippen molar-refractivity contribution in [1.29, 1.82) is 0 Å². The molecule has 0 aliphatic rings. The number of hydrogen-bond acceptors (Lipinski definition) is 16. The molecule has 4 N–H and O–H groups in total. The molecule has 0 atom stereocenters. The fourth-order valence-electron chi connectivity index (χ4n) is 5.93. The van der Waals surface area contributed by atoms with Crippen LogP contribution in [0.25, 0.3) is 0 Å². The second kappa shape index (κ2) is 37.3. The molecule has 4 amide bonds. The first-order valence-electron chi connectivity index (χ1n) is 22.6. The van der Waals surface area contributed by atoms with Crippen molar-refractivity contribution in [2.24, 2.45) is 0 Å². The molecule has 0 aliphatic heterocycles. The lowest BCUT2D eigenvalue weighted by molar-refractivity contribution is -0.128. The molecule has 0 rings (SSSR count).